The lowest BCUT2D eigenvalue weighted by Gasteiger charge is -2.10. The molecule has 4 nitrogen and oxygen atoms in total. The Morgan fingerprint density at radius 2 is 1.91 bits per heavy atom. The molecule has 0 aliphatic rings. The van der Waals surface area contributed by atoms with E-state index >= 15 is 0 Å². The van der Waals surface area contributed by atoms with Crippen LogP contribution in [0.3, 0.4) is 0 Å². The number of anilines is 2. The third-order valence-corrected chi connectivity index (χ3v) is 3.46. The van der Waals surface area contributed by atoms with E-state index in [1.807, 2.05) is 30.3 Å². The first-order valence-corrected chi connectivity index (χ1v) is 7.38. The number of fused-ring (bicyclic) bond motifs is 1. The van der Waals surface area contributed by atoms with E-state index in [2.05, 4.69) is 52.3 Å². The molecule has 0 radical (unpaired) electrons. The van der Waals surface area contributed by atoms with Gasteiger partial charge in [0.05, 0.1) is 5.52 Å². The van der Waals surface area contributed by atoms with Crippen LogP contribution in [0.25, 0.3) is 10.9 Å². The summed E-state index contributed by atoms with van der Waals surface area (Å²) < 4.78 is 0. The predicted molar refractivity (Wildman–Crippen MR) is 94.6 cm³/mol. The van der Waals surface area contributed by atoms with Crippen molar-refractivity contribution in [1.82, 2.24) is 14.9 Å². The number of nitrogens with zero attached hydrogens (tertiary/aromatic N) is 3. The van der Waals surface area contributed by atoms with E-state index < -0.39 is 0 Å². The van der Waals surface area contributed by atoms with Crippen molar-refractivity contribution in [2.75, 3.05) is 19.4 Å². The third kappa shape index (κ3) is 3.65. The van der Waals surface area contributed by atoms with Gasteiger partial charge in [-0.15, -0.1) is 6.42 Å². The summed E-state index contributed by atoms with van der Waals surface area (Å²) in [6, 6.07) is 14.0. The van der Waals surface area contributed by atoms with Gasteiger partial charge in [-0.05, 0) is 50.0 Å². The highest BCUT2D eigenvalue weighted by Gasteiger charge is 2.02. The van der Waals surface area contributed by atoms with Crippen LogP contribution in [0.2, 0.25) is 0 Å². The molecule has 114 valence electrons. The molecule has 2 aromatic carbocycles. The minimum Gasteiger partial charge on any atom is -0.324 e. The van der Waals surface area contributed by atoms with Gasteiger partial charge in [0.2, 0.25) is 5.95 Å². The third-order valence-electron chi connectivity index (χ3n) is 3.46. The normalized spacial score (nSPS) is 10.7. The van der Waals surface area contributed by atoms with Crippen LogP contribution in [-0.4, -0.2) is 29.0 Å². The summed E-state index contributed by atoms with van der Waals surface area (Å²) in [6.45, 7) is 0.921. The molecule has 0 amide bonds. The fourth-order valence-electron chi connectivity index (χ4n) is 2.37. The molecular weight excluding hydrogens is 284 g/mol. The molecule has 3 rings (SSSR count). The minimum absolute atomic E-state index is 0.575. The van der Waals surface area contributed by atoms with Gasteiger partial charge in [0.25, 0.3) is 0 Å². The second-order valence-electron chi connectivity index (χ2n) is 5.67. The molecule has 1 aromatic heterocycles. The molecule has 23 heavy (non-hydrogen) atoms. The van der Waals surface area contributed by atoms with Crippen LogP contribution in [0.4, 0.5) is 11.6 Å². The number of rotatable bonds is 4. The van der Waals surface area contributed by atoms with Crippen molar-refractivity contribution in [3.63, 3.8) is 0 Å². The SMILES string of the molecule is C#Cc1ccc2nc(Nc3ccc(CN(C)C)cc3)ncc2c1. The highest BCUT2D eigenvalue weighted by molar-refractivity contribution is 5.80. The van der Waals surface area contributed by atoms with Crippen molar-refractivity contribution in [1.29, 1.82) is 0 Å². The van der Waals surface area contributed by atoms with Crippen LogP contribution < -0.4 is 5.32 Å². The zero-order valence-electron chi connectivity index (χ0n) is 13.2. The van der Waals surface area contributed by atoms with Crippen LogP contribution in [0.5, 0.6) is 0 Å². The zero-order valence-corrected chi connectivity index (χ0v) is 13.2. The van der Waals surface area contributed by atoms with Crippen molar-refractivity contribution in [2.45, 2.75) is 6.54 Å². The van der Waals surface area contributed by atoms with E-state index in [-0.39, 0.29) is 0 Å². The van der Waals surface area contributed by atoms with E-state index in [1.165, 1.54) is 5.56 Å². The maximum absolute atomic E-state index is 5.41. The number of hydrogen-bond donors (Lipinski definition) is 1. The monoisotopic (exact) mass is 302 g/mol. The number of nitrogens with one attached hydrogen (secondary N) is 1. The summed E-state index contributed by atoms with van der Waals surface area (Å²) in [4.78, 5) is 11.0. The van der Waals surface area contributed by atoms with Crippen LogP contribution in [0.1, 0.15) is 11.1 Å². The Morgan fingerprint density at radius 1 is 1.13 bits per heavy atom. The number of benzene rings is 2. The molecule has 1 heterocycles. The van der Waals surface area contributed by atoms with E-state index in [0.29, 0.717) is 5.95 Å². The molecule has 0 aliphatic heterocycles. The first kappa shape index (κ1) is 15.0. The Kier molecular flexibility index (Phi) is 4.22. The standard InChI is InChI=1S/C19H18N4/c1-4-14-7-10-18-16(11-14)12-20-19(22-18)21-17-8-5-15(6-9-17)13-23(2)3/h1,5-12H,13H2,2-3H3,(H,20,21,22). The van der Waals surface area contributed by atoms with Gasteiger partial charge in [0, 0.05) is 29.4 Å². The highest BCUT2D eigenvalue weighted by Crippen LogP contribution is 2.18. The Hall–Kier alpha value is -2.90. The van der Waals surface area contributed by atoms with Gasteiger partial charge in [-0.3, -0.25) is 0 Å². The lowest BCUT2D eigenvalue weighted by atomic mass is 10.1. The second kappa shape index (κ2) is 6.47. The van der Waals surface area contributed by atoms with Crippen molar-refractivity contribution in [3.8, 4) is 12.3 Å². The van der Waals surface area contributed by atoms with Gasteiger partial charge in [-0.2, -0.15) is 0 Å². The predicted octanol–water partition coefficient (Wildman–Crippen LogP) is 3.42. The molecule has 3 aromatic rings. The van der Waals surface area contributed by atoms with Gasteiger partial charge < -0.3 is 10.2 Å². The van der Waals surface area contributed by atoms with Crippen LogP contribution in [-0.2, 0) is 6.54 Å². The first-order chi connectivity index (χ1) is 11.1. The summed E-state index contributed by atoms with van der Waals surface area (Å²) >= 11 is 0. The van der Waals surface area contributed by atoms with E-state index in [4.69, 9.17) is 6.42 Å². The Bertz CT molecular complexity index is 861. The average Bonchev–Trinajstić information content (AvgIpc) is 2.55. The minimum atomic E-state index is 0.575. The first-order valence-electron chi connectivity index (χ1n) is 7.38. The van der Waals surface area contributed by atoms with Crippen molar-refractivity contribution >= 4 is 22.5 Å². The molecule has 0 aliphatic carbocycles. The molecule has 0 fully saturated rings. The lowest BCUT2D eigenvalue weighted by molar-refractivity contribution is 0.402. The zero-order chi connectivity index (χ0) is 16.2. The van der Waals surface area contributed by atoms with E-state index in [1.54, 1.807) is 6.20 Å². The lowest BCUT2D eigenvalue weighted by Crippen LogP contribution is -2.10. The number of aromatic nitrogens is 2. The Labute approximate surface area is 136 Å². The van der Waals surface area contributed by atoms with E-state index in [0.717, 1.165) is 28.7 Å². The van der Waals surface area contributed by atoms with Crippen LogP contribution >= 0.6 is 0 Å². The molecule has 0 unspecified atom stereocenters. The van der Waals surface area contributed by atoms with Gasteiger partial charge in [0.1, 0.15) is 0 Å². The summed E-state index contributed by atoms with van der Waals surface area (Å²) in [7, 11) is 4.11. The van der Waals surface area contributed by atoms with Gasteiger partial charge in [-0.25, -0.2) is 9.97 Å². The van der Waals surface area contributed by atoms with E-state index in [9.17, 15) is 0 Å². The van der Waals surface area contributed by atoms with Crippen molar-refractivity contribution < 1.29 is 0 Å². The highest BCUT2D eigenvalue weighted by atomic mass is 15.1. The summed E-state index contributed by atoms with van der Waals surface area (Å²) in [5.41, 5.74) is 3.93. The fraction of sp³-hybridized carbons (Fsp3) is 0.158. The molecule has 0 spiro atoms. The maximum atomic E-state index is 5.41. The Morgan fingerprint density at radius 3 is 2.61 bits per heavy atom. The van der Waals surface area contributed by atoms with Gasteiger partial charge >= 0.3 is 0 Å². The van der Waals surface area contributed by atoms with Gasteiger partial charge in [0.15, 0.2) is 0 Å². The molecule has 1 N–H and O–H groups in total. The summed E-state index contributed by atoms with van der Waals surface area (Å²) in [5, 5.41) is 4.17. The molecule has 0 saturated carbocycles. The largest absolute Gasteiger partial charge is 0.324 e. The summed E-state index contributed by atoms with van der Waals surface area (Å²) in [5.74, 6) is 3.19. The molecule has 0 bridgehead atoms. The molecule has 0 saturated heterocycles. The smallest absolute Gasteiger partial charge is 0.227 e. The van der Waals surface area contributed by atoms with Crippen molar-refractivity contribution in [3.05, 3.63) is 59.8 Å². The van der Waals surface area contributed by atoms with Crippen LogP contribution in [0, 0.1) is 12.3 Å². The molecule has 4 heteroatoms. The number of hydrogen-bond acceptors (Lipinski definition) is 4. The molecule has 0 atom stereocenters. The Balaban J connectivity index is 1.80. The second-order valence-corrected chi connectivity index (χ2v) is 5.67. The van der Waals surface area contributed by atoms with Crippen LogP contribution in [0.15, 0.2) is 48.7 Å². The summed E-state index contributed by atoms with van der Waals surface area (Å²) in [6.07, 6.45) is 7.19. The maximum Gasteiger partial charge on any atom is 0.227 e. The fourth-order valence-corrected chi connectivity index (χ4v) is 2.37. The quantitative estimate of drug-likeness (QED) is 0.750. The van der Waals surface area contributed by atoms with Gasteiger partial charge in [-0.1, -0.05) is 18.1 Å². The average molecular weight is 302 g/mol. The van der Waals surface area contributed by atoms with Crippen molar-refractivity contribution in [2.24, 2.45) is 0 Å². The topological polar surface area (TPSA) is 41.1 Å². The number of terminal acetylenes is 1. The molecular formula is C19H18N4.